The molecule has 1 atom stereocenters. The lowest BCUT2D eigenvalue weighted by atomic mass is 10.0. The number of ether oxygens (including phenoxy) is 1. The van der Waals surface area contributed by atoms with E-state index >= 15 is 0 Å². The Kier molecular flexibility index (Phi) is 7.44. The fraction of sp³-hybridized carbons (Fsp3) is 0.304. The molecule has 3 rings (SSSR count). The molecule has 2 N–H and O–H groups in total. The first-order chi connectivity index (χ1) is 15.3. The second-order valence-electron chi connectivity index (χ2n) is 7.68. The van der Waals surface area contributed by atoms with Crippen LogP contribution in [0.15, 0.2) is 65.8 Å². The maximum absolute atomic E-state index is 13.8. The molecule has 0 fully saturated rings. The number of benzene rings is 2. The maximum atomic E-state index is 13.8. The van der Waals surface area contributed by atoms with E-state index in [9.17, 15) is 18.4 Å². The average Bonchev–Trinajstić information content (AvgIpc) is 2.78. The molecule has 1 aromatic heterocycles. The Hall–Kier alpha value is -3.01. The van der Waals surface area contributed by atoms with Crippen molar-refractivity contribution in [1.29, 1.82) is 0 Å². The molecule has 2 aromatic carbocycles. The van der Waals surface area contributed by atoms with Gasteiger partial charge in [-0.25, -0.2) is 13.9 Å². The normalized spacial score (nSPS) is 12.8. The van der Waals surface area contributed by atoms with Gasteiger partial charge in [0, 0.05) is 18.9 Å². The number of sulfonamides is 1. The van der Waals surface area contributed by atoms with Gasteiger partial charge in [-0.1, -0.05) is 32.0 Å². The minimum absolute atomic E-state index is 0.0407. The molecule has 0 bridgehead atoms. The molecule has 0 aliphatic rings. The number of hydroxylamine groups is 1. The minimum atomic E-state index is -4.12. The SMILES string of the molecule is CCOc1ccc2ccc(S(=O)(=O)N(Cc3cccnc3)C(C(=O)NO)C(C)C)cc2c1. The van der Waals surface area contributed by atoms with Crippen molar-refractivity contribution in [3.8, 4) is 5.75 Å². The Morgan fingerprint density at radius 2 is 1.91 bits per heavy atom. The first-order valence-corrected chi connectivity index (χ1v) is 11.7. The predicted molar refractivity (Wildman–Crippen MR) is 121 cm³/mol. The summed E-state index contributed by atoms with van der Waals surface area (Å²) in [6.45, 7) is 5.73. The maximum Gasteiger partial charge on any atom is 0.262 e. The van der Waals surface area contributed by atoms with E-state index in [1.165, 1.54) is 6.07 Å². The number of aromatic nitrogens is 1. The lowest BCUT2D eigenvalue weighted by Gasteiger charge is -2.32. The number of amides is 1. The zero-order valence-electron chi connectivity index (χ0n) is 18.2. The van der Waals surface area contributed by atoms with Crippen LogP contribution in [0.25, 0.3) is 10.8 Å². The fourth-order valence-electron chi connectivity index (χ4n) is 3.59. The largest absolute Gasteiger partial charge is 0.494 e. The molecular weight excluding hydrogens is 430 g/mol. The van der Waals surface area contributed by atoms with Crippen molar-refractivity contribution in [2.24, 2.45) is 5.92 Å². The molecule has 0 saturated heterocycles. The van der Waals surface area contributed by atoms with Crippen LogP contribution in [0.1, 0.15) is 26.3 Å². The third kappa shape index (κ3) is 5.07. The smallest absolute Gasteiger partial charge is 0.262 e. The minimum Gasteiger partial charge on any atom is -0.494 e. The number of nitrogens with zero attached hydrogens (tertiary/aromatic N) is 2. The molecule has 0 radical (unpaired) electrons. The molecule has 1 amide bonds. The number of nitrogens with one attached hydrogen (secondary N) is 1. The van der Waals surface area contributed by atoms with Gasteiger partial charge in [0.05, 0.1) is 11.5 Å². The van der Waals surface area contributed by atoms with Crippen molar-refractivity contribution in [2.45, 2.75) is 38.3 Å². The Bertz CT molecular complexity index is 1180. The average molecular weight is 458 g/mol. The summed E-state index contributed by atoms with van der Waals surface area (Å²) in [5.74, 6) is -0.563. The van der Waals surface area contributed by atoms with Crippen molar-refractivity contribution in [3.05, 3.63) is 66.5 Å². The molecule has 8 nitrogen and oxygen atoms in total. The highest BCUT2D eigenvalue weighted by Crippen LogP contribution is 2.29. The lowest BCUT2D eigenvalue weighted by Crippen LogP contribution is -2.51. The summed E-state index contributed by atoms with van der Waals surface area (Å²) in [5.41, 5.74) is 2.23. The van der Waals surface area contributed by atoms with Crippen LogP contribution in [-0.4, -0.2) is 41.5 Å². The van der Waals surface area contributed by atoms with Gasteiger partial charge in [-0.3, -0.25) is 15.0 Å². The monoisotopic (exact) mass is 457 g/mol. The van der Waals surface area contributed by atoms with Crippen molar-refractivity contribution in [1.82, 2.24) is 14.8 Å². The lowest BCUT2D eigenvalue weighted by molar-refractivity contribution is -0.134. The number of pyridine rings is 1. The first-order valence-electron chi connectivity index (χ1n) is 10.3. The van der Waals surface area contributed by atoms with Crippen molar-refractivity contribution in [3.63, 3.8) is 0 Å². The van der Waals surface area contributed by atoms with Gasteiger partial charge >= 0.3 is 0 Å². The highest BCUT2D eigenvalue weighted by atomic mass is 32.2. The van der Waals surface area contributed by atoms with Crippen LogP contribution in [0.4, 0.5) is 0 Å². The van der Waals surface area contributed by atoms with Gasteiger partial charge in [0.1, 0.15) is 11.8 Å². The van der Waals surface area contributed by atoms with Gasteiger partial charge in [-0.05, 0) is 59.5 Å². The molecular formula is C23H27N3O5S. The molecule has 1 unspecified atom stereocenters. The van der Waals surface area contributed by atoms with Gasteiger partial charge in [0.15, 0.2) is 0 Å². The third-order valence-electron chi connectivity index (χ3n) is 5.08. The van der Waals surface area contributed by atoms with Gasteiger partial charge in [0.25, 0.3) is 5.91 Å². The van der Waals surface area contributed by atoms with E-state index in [2.05, 4.69) is 4.98 Å². The zero-order valence-corrected chi connectivity index (χ0v) is 19.0. The van der Waals surface area contributed by atoms with E-state index in [1.54, 1.807) is 62.1 Å². The molecule has 32 heavy (non-hydrogen) atoms. The van der Waals surface area contributed by atoms with Gasteiger partial charge in [-0.2, -0.15) is 4.31 Å². The number of fused-ring (bicyclic) bond motifs is 1. The number of hydrogen-bond acceptors (Lipinski definition) is 6. The summed E-state index contributed by atoms with van der Waals surface area (Å²) in [6, 6.07) is 12.6. The van der Waals surface area contributed by atoms with Crippen molar-refractivity contribution in [2.75, 3.05) is 6.61 Å². The van der Waals surface area contributed by atoms with Gasteiger partial charge in [0.2, 0.25) is 10.0 Å². The van der Waals surface area contributed by atoms with E-state index < -0.39 is 27.9 Å². The van der Waals surface area contributed by atoms with Crippen LogP contribution >= 0.6 is 0 Å². The standard InChI is InChI=1S/C23H27N3O5S/c1-4-31-20-9-7-18-8-10-21(13-19(18)12-20)32(29,30)26(15-17-6-5-11-24-14-17)22(16(2)3)23(27)25-28/h5-14,16,22,28H,4,15H2,1-3H3,(H,25,27). The Balaban J connectivity index is 2.12. The molecule has 1 heterocycles. The van der Waals surface area contributed by atoms with Crippen LogP contribution in [0, 0.1) is 5.92 Å². The zero-order chi connectivity index (χ0) is 23.3. The summed E-state index contributed by atoms with van der Waals surface area (Å²) >= 11 is 0. The first kappa shape index (κ1) is 23.6. The summed E-state index contributed by atoms with van der Waals surface area (Å²) in [5, 5.41) is 10.8. The second-order valence-corrected chi connectivity index (χ2v) is 9.57. The van der Waals surface area contributed by atoms with Crippen molar-refractivity contribution >= 4 is 26.7 Å². The highest BCUT2D eigenvalue weighted by Gasteiger charge is 2.38. The molecule has 0 aliphatic carbocycles. The summed E-state index contributed by atoms with van der Waals surface area (Å²) in [6.07, 6.45) is 3.13. The summed E-state index contributed by atoms with van der Waals surface area (Å²) < 4.78 is 34.2. The third-order valence-corrected chi connectivity index (χ3v) is 6.91. The van der Waals surface area contributed by atoms with Crippen LogP contribution in [0.5, 0.6) is 5.75 Å². The quantitative estimate of drug-likeness (QED) is 0.377. The molecule has 3 aromatic rings. The van der Waals surface area contributed by atoms with Crippen LogP contribution < -0.4 is 10.2 Å². The molecule has 0 saturated carbocycles. The van der Waals surface area contributed by atoms with E-state index in [0.717, 1.165) is 9.69 Å². The van der Waals surface area contributed by atoms with Crippen LogP contribution in [0.3, 0.4) is 0 Å². The van der Waals surface area contributed by atoms with Crippen LogP contribution in [0.2, 0.25) is 0 Å². The van der Waals surface area contributed by atoms with E-state index in [4.69, 9.17) is 4.74 Å². The van der Waals surface area contributed by atoms with E-state index in [0.29, 0.717) is 23.3 Å². The molecule has 0 spiro atoms. The van der Waals surface area contributed by atoms with Gasteiger partial charge in [-0.15, -0.1) is 0 Å². The summed E-state index contributed by atoms with van der Waals surface area (Å²) in [7, 11) is -4.12. The fourth-order valence-corrected chi connectivity index (χ4v) is 5.34. The molecule has 0 aliphatic heterocycles. The number of hydrogen-bond donors (Lipinski definition) is 2. The Morgan fingerprint density at radius 1 is 1.16 bits per heavy atom. The topological polar surface area (TPSA) is 109 Å². The number of carbonyl (C=O) groups excluding carboxylic acids is 1. The number of carbonyl (C=O) groups is 1. The van der Waals surface area contributed by atoms with Gasteiger partial charge < -0.3 is 4.74 Å². The summed E-state index contributed by atoms with van der Waals surface area (Å²) in [4.78, 5) is 16.6. The molecule has 170 valence electrons. The second kappa shape index (κ2) is 10.1. The van der Waals surface area contributed by atoms with E-state index in [-0.39, 0.29) is 11.4 Å². The highest BCUT2D eigenvalue weighted by molar-refractivity contribution is 7.89. The van der Waals surface area contributed by atoms with Crippen molar-refractivity contribution < 1.29 is 23.2 Å². The van der Waals surface area contributed by atoms with E-state index in [1.807, 2.05) is 19.1 Å². The number of rotatable bonds is 9. The van der Waals surface area contributed by atoms with Crippen LogP contribution in [-0.2, 0) is 21.4 Å². The molecule has 9 heteroatoms. The Labute approximate surface area is 187 Å². The predicted octanol–water partition coefficient (Wildman–Crippen LogP) is 3.35. The Morgan fingerprint density at radius 3 is 2.53 bits per heavy atom.